The Balaban J connectivity index is 1.94. The van der Waals surface area contributed by atoms with Gasteiger partial charge in [-0.3, -0.25) is 4.79 Å². The molecule has 0 aromatic heterocycles. The number of carbonyl (C=O) groups excluding carboxylic acids is 2. The van der Waals surface area contributed by atoms with Crippen LogP contribution in [0.3, 0.4) is 0 Å². The van der Waals surface area contributed by atoms with E-state index in [0.717, 1.165) is 0 Å². The van der Waals surface area contributed by atoms with Gasteiger partial charge in [-0.25, -0.2) is 4.79 Å². The molecule has 0 spiro atoms. The molecule has 0 fully saturated rings. The van der Waals surface area contributed by atoms with Crippen LogP contribution in [0.2, 0.25) is 0 Å². The molecule has 1 atom stereocenters. The predicted molar refractivity (Wildman–Crippen MR) is 100 cm³/mol. The van der Waals surface area contributed by atoms with E-state index in [1.165, 1.54) is 7.11 Å². The first-order valence-electron chi connectivity index (χ1n) is 8.41. The number of methoxy groups -OCH3 is 2. The van der Waals surface area contributed by atoms with Gasteiger partial charge in [-0.05, 0) is 43.3 Å². The molecule has 0 aliphatic rings. The third-order valence-corrected chi connectivity index (χ3v) is 3.65. The molecule has 0 saturated carbocycles. The van der Waals surface area contributed by atoms with Crippen molar-refractivity contribution in [2.24, 2.45) is 0 Å². The molecular formula is C20H23NO6. The van der Waals surface area contributed by atoms with Crippen molar-refractivity contribution in [3.63, 3.8) is 0 Å². The summed E-state index contributed by atoms with van der Waals surface area (Å²) in [5, 5.41) is 2.79. The first-order valence-corrected chi connectivity index (χ1v) is 8.41. The summed E-state index contributed by atoms with van der Waals surface area (Å²) in [5.41, 5.74) is 1.03. The second-order valence-corrected chi connectivity index (χ2v) is 5.60. The lowest BCUT2D eigenvalue weighted by atomic mass is 10.2. The van der Waals surface area contributed by atoms with Gasteiger partial charge >= 0.3 is 5.97 Å². The second kappa shape index (κ2) is 10.2. The van der Waals surface area contributed by atoms with Gasteiger partial charge in [0.1, 0.15) is 18.1 Å². The fourth-order valence-electron chi connectivity index (χ4n) is 2.22. The number of nitrogens with one attached hydrogen (secondary N) is 1. The highest BCUT2D eigenvalue weighted by atomic mass is 16.6. The van der Waals surface area contributed by atoms with Crippen LogP contribution in [0, 0.1) is 0 Å². The van der Waals surface area contributed by atoms with E-state index in [2.05, 4.69) is 5.32 Å². The summed E-state index contributed by atoms with van der Waals surface area (Å²) in [7, 11) is 3.07. The Morgan fingerprint density at radius 3 is 2.37 bits per heavy atom. The zero-order chi connectivity index (χ0) is 19.6. The molecule has 0 bridgehead atoms. The molecule has 1 N–H and O–H groups in total. The number of amides is 1. The highest BCUT2D eigenvalue weighted by molar-refractivity contribution is 6.05. The van der Waals surface area contributed by atoms with Crippen molar-refractivity contribution >= 4 is 17.6 Å². The monoisotopic (exact) mass is 373 g/mol. The van der Waals surface area contributed by atoms with Crippen LogP contribution in [0.15, 0.2) is 48.5 Å². The molecule has 27 heavy (non-hydrogen) atoms. The smallest absolute Gasteiger partial charge is 0.347 e. The largest absolute Gasteiger partial charge is 0.495 e. The van der Waals surface area contributed by atoms with E-state index in [1.807, 2.05) is 12.1 Å². The van der Waals surface area contributed by atoms with Gasteiger partial charge in [0.15, 0.2) is 6.10 Å². The van der Waals surface area contributed by atoms with Gasteiger partial charge in [-0.15, -0.1) is 0 Å². The SMILES string of the molecule is COCCOC(=O)[C@@H](C)Oc1ccc(C(=O)Nc2ccccc2OC)cc1. The Labute approximate surface area is 158 Å². The quantitative estimate of drug-likeness (QED) is 0.538. The van der Waals surface area contributed by atoms with Crippen molar-refractivity contribution < 1.29 is 28.5 Å². The topological polar surface area (TPSA) is 83.1 Å². The summed E-state index contributed by atoms with van der Waals surface area (Å²) in [6.45, 7) is 2.09. The average Bonchev–Trinajstić information content (AvgIpc) is 2.69. The molecule has 7 heteroatoms. The minimum Gasteiger partial charge on any atom is -0.495 e. The van der Waals surface area contributed by atoms with Crippen LogP contribution in [-0.2, 0) is 14.3 Å². The molecule has 0 unspecified atom stereocenters. The highest BCUT2D eigenvalue weighted by Gasteiger charge is 2.16. The van der Waals surface area contributed by atoms with Gasteiger partial charge in [0.05, 0.1) is 19.4 Å². The Bertz CT molecular complexity index is 759. The van der Waals surface area contributed by atoms with Gasteiger partial charge in [0.2, 0.25) is 0 Å². The van der Waals surface area contributed by atoms with Crippen molar-refractivity contribution in [2.75, 3.05) is 32.8 Å². The van der Waals surface area contributed by atoms with Crippen molar-refractivity contribution in [1.82, 2.24) is 0 Å². The number of para-hydroxylation sites is 2. The van der Waals surface area contributed by atoms with Gasteiger partial charge in [-0.1, -0.05) is 12.1 Å². The number of hydrogen-bond acceptors (Lipinski definition) is 6. The fourth-order valence-corrected chi connectivity index (χ4v) is 2.22. The number of carbonyl (C=O) groups is 2. The molecule has 2 aromatic carbocycles. The summed E-state index contributed by atoms with van der Waals surface area (Å²) in [5.74, 6) is 0.273. The van der Waals surface area contributed by atoms with Crippen LogP contribution in [0.4, 0.5) is 5.69 Å². The summed E-state index contributed by atoms with van der Waals surface area (Å²) in [6, 6.07) is 13.6. The van der Waals surface area contributed by atoms with Crippen molar-refractivity contribution in [2.45, 2.75) is 13.0 Å². The first-order chi connectivity index (χ1) is 13.0. The summed E-state index contributed by atoms with van der Waals surface area (Å²) in [4.78, 5) is 24.2. The molecule has 0 aliphatic carbocycles. The third-order valence-electron chi connectivity index (χ3n) is 3.65. The van der Waals surface area contributed by atoms with Crippen LogP contribution < -0.4 is 14.8 Å². The summed E-state index contributed by atoms with van der Waals surface area (Å²) >= 11 is 0. The number of hydrogen-bond donors (Lipinski definition) is 1. The molecule has 1 amide bonds. The lowest BCUT2D eigenvalue weighted by Crippen LogP contribution is -2.27. The normalized spacial score (nSPS) is 11.4. The van der Waals surface area contributed by atoms with Gasteiger partial charge < -0.3 is 24.3 Å². The number of anilines is 1. The number of ether oxygens (including phenoxy) is 4. The maximum absolute atomic E-state index is 12.4. The van der Waals surface area contributed by atoms with Crippen molar-refractivity contribution in [3.8, 4) is 11.5 Å². The van der Waals surface area contributed by atoms with E-state index < -0.39 is 12.1 Å². The minimum atomic E-state index is -0.768. The summed E-state index contributed by atoms with van der Waals surface area (Å²) in [6.07, 6.45) is -0.768. The number of benzene rings is 2. The lowest BCUT2D eigenvalue weighted by molar-refractivity contribution is -0.152. The molecule has 2 rings (SSSR count). The number of rotatable bonds is 9. The second-order valence-electron chi connectivity index (χ2n) is 5.60. The van der Waals surface area contributed by atoms with Gasteiger partial charge in [0, 0.05) is 12.7 Å². The van der Waals surface area contributed by atoms with E-state index in [0.29, 0.717) is 29.4 Å². The summed E-state index contributed by atoms with van der Waals surface area (Å²) < 4.78 is 20.6. The number of esters is 1. The predicted octanol–water partition coefficient (Wildman–Crippen LogP) is 2.90. The molecule has 0 saturated heterocycles. The van der Waals surface area contributed by atoms with E-state index in [9.17, 15) is 9.59 Å². The van der Waals surface area contributed by atoms with Crippen LogP contribution in [0.5, 0.6) is 11.5 Å². The highest BCUT2D eigenvalue weighted by Crippen LogP contribution is 2.24. The Morgan fingerprint density at radius 1 is 1.00 bits per heavy atom. The maximum atomic E-state index is 12.4. The van der Waals surface area contributed by atoms with Crippen LogP contribution in [0.25, 0.3) is 0 Å². The Morgan fingerprint density at radius 2 is 1.70 bits per heavy atom. The Kier molecular flexibility index (Phi) is 7.63. The van der Waals surface area contributed by atoms with Crippen LogP contribution >= 0.6 is 0 Å². The van der Waals surface area contributed by atoms with Crippen molar-refractivity contribution in [3.05, 3.63) is 54.1 Å². The van der Waals surface area contributed by atoms with E-state index in [-0.39, 0.29) is 12.5 Å². The lowest BCUT2D eigenvalue weighted by Gasteiger charge is -2.14. The Hall–Kier alpha value is -3.06. The molecule has 144 valence electrons. The fraction of sp³-hybridized carbons (Fsp3) is 0.300. The van der Waals surface area contributed by atoms with E-state index in [1.54, 1.807) is 50.4 Å². The molecule has 0 heterocycles. The van der Waals surface area contributed by atoms with E-state index in [4.69, 9.17) is 18.9 Å². The molecule has 0 radical (unpaired) electrons. The first kappa shape index (κ1) is 20.3. The molecule has 0 aliphatic heterocycles. The molecule has 2 aromatic rings. The van der Waals surface area contributed by atoms with Gasteiger partial charge in [-0.2, -0.15) is 0 Å². The maximum Gasteiger partial charge on any atom is 0.347 e. The van der Waals surface area contributed by atoms with Crippen molar-refractivity contribution in [1.29, 1.82) is 0 Å². The zero-order valence-electron chi connectivity index (χ0n) is 15.6. The average molecular weight is 373 g/mol. The standard InChI is InChI=1S/C20H23NO6/c1-14(20(23)26-13-12-24-2)27-16-10-8-15(9-11-16)19(22)21-17-6-4-5-7-18(17)25-3/h4-11,14H,12-13H2,1-3H3,(H,21,22)/t14-/m1/s1. The molecule has 7 nitrogen and oxygen atoms in total. The van der Waals surface area contributed by atoms with Gasteiger partial charge in [0.25, 0.3) is 5.91 Å². The zero-order valence-corrected chi connectivity index (χ0v) is 15.6. The van der Waals surface area contributed by atoms with Crippen LogP contribution in [0.1, 0.15) is 17.3 Å². The third kappa shape index (κ3) is 6.00. The minimum absolute atomic E-state index is 0.172. The molecular weight excluding hydrogens is 350 g/mol. The van der Waals surface area contributed by atoms with Crippen LogP contribution in [-0.4, -0.2) is 45.4 Å². The van der Waals surface area contributed by atoms with E-state index >= 15 is 0 Å².